The van der Waals surface area contributed by atoms with Gasteiger partial charge in [-0.1, -0.05) is 18.2 Å². The molecule has 1 unspecified atom stereocenters. The van der Waals surface area contributed by atoms with Gasteiger partial charge < -0.3 is 19.0 Å². The van der Waals surface area contributed by atoms with E-state index < -0.39 is 0 Å². The van der Waals surface area contributed by atoms with Crippen LogP contribution >= 0.6 is 0 Å². The van der Waals surface area contributed by atoms with Crippen molar-refractivity contribution in [2.75, 3.05) is 20.2 Å². The Morgan fingerprint density at radius 1 is 1.15 bits per heavy atom. The van der Waals surface area contributed by atoms with Crippen LogP contribution in [0.25, 0.3) is 10.9 Å². The molecule has 5 rings (SSSR count). The molecule has 1 aromatic carbocycles. The maximum atomic E-state index is 12.4. The minimum atomic E-state index is -0.287. The summed E-state index contributed by atoms with van der Waals surface area (Å²) < 4.78 is 12.8. The normalized spacial score (nSPS) is 15.1. The van der Waals surface area contributed by atoms with E-state index in [1.54, 1.807) is 19.2 Å². The maximum Gasteiger partial charge on any atom is 0.287 e. The number of fused-ring (bicyclic) bond motifs is 2. The molecule has 1 aliphatic rings. The fourth-order valence-corrected chi connectivity index (χ4v) is 4.25. The number of para-hydroxylation sites is 1. The van der Waals surface area contributed by atoms with Crippen molar-refractivity contribution in [1.82, 2.24) is 30.0 Å². The molecule has 3 aromatic heterocycles. The minimum Gasteiger partial charge on any atom is -0.494 e. The highest BCUT2D eigenvalue weighted by Crippen LogP contribution is 2.24. The Morgan fingerprint density at radius 3 is 2.88 bits per heavy atom. The zero-order chi connectivity index (χ0) is 22.8. The number of nitrogens with one attached hydrogen (secondary N) is 1. The molecule has 0 saturated heterocycles. The van der Waals surface area contributed by atoms with Crippen molar-refractivity contribution in [3.8, 4) is 5.75 Å². The Morgan fingerprint density at radius 2 is 2.06 bits per heavy atom. The summed E-state index contributed by atoms with van der Waals surface area (Å²) in [5.74, 6) is 2.48. The second-order valence-electron chi connectivity index (χ2n) is 8.16. The standard InChI is InChI=1S/C24H26N6O3/c1-16(25-24(31)20-7-4-14-33-20)23-28-27-21-10-11-29(12-13-30(21)23)15-18-9-8-17-5-3-6-19(32-2)22(17)26-18/h3-9,14,16H,10-13,15H2,1-2H3,(H,25,31). The maximum absolute atomic E-state index is 12.4. The van der Waals surface area contributed by atoms with Crippen LogP contribution in [0.5, 0.6) is 5.75 Å². The van der Waals surface area contributed by atoms with Crippen molar-refractivity contribution in [3.05, 3.63) is 71.8 Å². The Labute approximate surface area is 191 Å². The van der Waals surface area contributed by atoms with Crippen molar-refractivity contribution in [2.24, 2.45) is 0 Å². The monoisotopic (exact) mass is 446 g/mol. The predicted molar refractivity (Wildman–Crippen MR) is 122 cm³/mol. The smallest absolute Gasteiger partial charge is 0.287 e. The largest absolute Gasteiger partial charge is 0.494 e. The third-order valence-electron chi connectivity index (χ3n) is 5.97. The number of ether oxygens (including phenoxy) is 1. The van der Waals surface area contributed by atoms with Crippen LogP contribution in [0.3, 0.4) is 0 Å². The lowest BCUT2D eigenvalue weighted by Gasteiger charge is -2.20. The summed E-state index contributed by atoms with van der Waals surface area (Å²) in [4.78, 5) is 19.6. The number of hydrogen-bond donors (Lipinski definition) is 1. The summed E-state index contributed by atoms with van der Waals surface area (Å²) in [6.07, 6.45) is 2.26. The molecule has 4 aromatic rings. The number of aromatic nitrogens is 4. The third kappa shape index (κ3) is 4.31. The lowest BCUT2D eigenvalue weighted by molar-refractivity contribution is 0.0909. The summed E-state index contributed by atoms with van der Waals surface area (Å²) in [6.45, 7) is 5.09. The molecular formula is C24H26N6O3. The molecule has 0 saturated carbocycles. The van der Waals surface area contributed by atoms with E-state index in [4.69, 9.17) is 14.1 Å². The number of benzene rings is 1. The van der Waals surface area contributed by atoms with Gasteiger partial charge in [-0.25, -0.2) is 4.98 Å². The van der Waals surface area contributed by atoms with Gasteiger partial charge in [-0.05, 0) is 31.2 Å². The molecular weight excluding hydrogens is 420 g/mol. The molecule has 1 atom stereocenters. The fourth-order valence-electron chi connectivity index (χ4n) is 4.25. The van der Waals surface area contributed by atoms with Crippen LogP contribution in [0.1, 0.15) is 40.9 Å². The van der Waals surface area contributed by atoms with E-state index in [-0.39, 0.29) is 17.7 Å². The van der Waals surface area contributed by atoms with E-state index in [0.717, 1.165) is 66.6 Å². The van der Waals surface area contributed by atoms with Gasteiger partial charge in [-0.15, -0.1) is 10.2 Å². The molecule has 0 radical (unpaired) electrons. The van der Waals surface area contributed by atoms with E-state index in [9.17, 15) is 4.79 Å². The molecule has 170 valence electrons. The lowest BCUT2D eigenvalue weighted by Crippen LogP contribution is -2.30. The van der Waals surface area contributed by atoms with Crippen LogP contribution in [0.2, 0.25) is 0 Å². The van der Waals surface area contributed by atoms with Crippen LogP contribution in [-0.2, 0) is 19.5 Å². The second-order valence-corrected chi connectivity index (χ2v) is 8.16. The first kappa shape index (κ1) is 21.1. The van der Waals surface area contributed by atoms with E-state index in [2.05, 4.69) is 37.1 Å². The first-order valence-corrected chi connectivity index (χ1v) is 11.0. The molecule has 1 amide bonds. The highest BCUT2D eigenvalue weighted by molar-refractivity contribution is 5.91. The number of pyridine rings is 1. The number of amides is 1. The number of carbonyl (C=O) groups is 1. The van der Waals surface area contributed by atoms with E-state index in [1.165, 1.54) is 6.26 Å². The second kappa shape index (κ2) is 9.03. The van der Waals surface area contributed by atoms with E-state index in [1.807, 2.05) is 25.1 Å². The van der Waals surface area contributed by atoms with Gasteiger partial charge in [0.1, 0.15) is 17.1 Å². The van der Waals surface area contributed by atoms with Gasteiger partial charge in [-0.3, -0.25) is 9.69 Å². The van der Waals surface area contributed by atoms with Gasteiger partial charge in [0.2, 0.25) is 0 Å². The van der Waals surface area contributed by atoms with Crippen molar-refractivity contribution in [3.63, 3.8) is 0 Å². The average Bonchev–Trinajstić information content (AvgIpc) is 3.47. The van der Waals surface area contributed by atoms with Crippen molar-refractivity contribution < 1.29 is 13.9 Å². The van der Waals surface area contributed by atoms with Gasteiger partial charge in [-0.2, -0.15) is 0 Å². The third-order valence-corrected chi connectivity index (χ3v) is 5.97. The van der Waals surface area contributed by atoms with Crippen LogP contribution in [0, 0.1) is 0 Å². The summed E-state index contributed by atoms with van der Waals surface area (Å²) in [6, 6.07) is 13.2. The van der Waals surface area contributed by atoms with Gasteiger partial charge in [0.25, 0.3) is 5.91 Å². The first-order chi connectivity index (χ1) is 16.1. The van der Waals surface area contributed by atoms with Gasteiger partial charge in [0.15, 0.2) is 11.6 Å². The molecule has 0 bridgehead atoms. The zero-order valence-corrected chi connectivity index (χ0v) is 18.7. The number of carbonyl (C=O) groups excluding carboxylic acids is 1. The summed E-state index contributed by atoms with van der Waals surface area (Å²) in [7, 11) is 1.67. The van der Waals surface area contributed by atoms with Gasteiger partial charge in [0.05, 0.1) is 25.1 Å². The Hall–Kier alpha value is -3.72. The van der Waals surface area contributed by atoms with Crippen LogP contribution in [-0.4, -0.2) is 50.8 Å². The number of hydrogen-bond acceptors (Lipinski definition) is 7. The highest BCUT2D eigenvalue weighted by Gasteiger charge is 2.24. The van der Waals surface area contributed by atoms with Gasteiger partial charge in [0, 0.05) is 38.0 Å². The SMILES string of the molecule is COc1cccc2ccc(CN3CCc4nnc(C(C)NC(=O)c5ccco5)n4CC3)nc12. The van der Waals surface area contributed by atoms with E-state index >= 15 is 0 Å². The number of furan rings is 1. The predicted octanol–water partition coefficient (Wildman–Crippen LogP) is 2.98. The first-order valence-electron chi connectivity index (χ1n) is 11.0. The summed E-state index contributed by atoms with van der Waals surface area (Å²) in [5.41, 5.74) is 1.89. The molecule has 1 aliphatic heterocycles. The molecule has 0 spiro atoms. The molecule has 4 heterocycles. The number of rotatable bonds is 6. The Balaban J connectivity index is 1.27. The van der Waals surface area contributed by atoms with Crippen LogP contribution in [0.4, 0.5) is 0 Å². The Kier molecular flexibility index (Phi) is 5.78. The molecule has 0 aliphatic carbocycles. The molecule has 33 heavy (non-hydrogen) atoms. The molecule has 0 fully saturated rings. The zero-order valence-electron chi connectivity index (χ0n) is 18.7. The quantitative estimate of drug-likeness (QED) is 0.486. The van der Waals surface area contributed by atoms with Crippen molar-refractivity contribution in [2.45, 2.75) is 32.5 Å². The van der Waals surface area contributed by atoms with E-state index in [0.29, 0.717) is 0 Å². The Bertz CT molecular complexity index is 1270. The van der Waals surface area contributed by atoms with Crippen LogP contribution in [0.15, 0.2) is 53.1 Å². The van der Waals surface area contributed by atoms with Gasteiger partial charge >= 0.3 is 0 Å². The average molecular weight is 447 g/mol. The number of methoxy groups -OCH3 is 1. The molecule has 1 N–H and O–H groups in total. The lowest BCUT2D eigenvalue weighted by atomic mass is 10.2. The van der Waals surface area contributed by atoms with Crippen molar-refractivity contribution >= 4 is 16.8 Å². The topological polar surface area (TPSA) is 98.3 Å². The molecule has 9 heteroatoms. The fraction of sp³-hybridized carbons (Fsp3) is 0.333. The number of nitrogens with zero attached hydrogens (tertiary/aromatic N) is 5. The highest BCUT2D eigenvalue weighted by atomic mass is 16.5. The van der Waals surface area contributed by atoms with Crippen molar-refractivity contribution in [1.29, 1.82) is 0 Å². The summed E-state index contributed by atoms with van der Waals surface area (Å²) >= 11 is 0. The summed E-state index contributed by atoms with van der Waals surface area (Å²) in [5, 5.41) is 12.8. The molecule has 9 nitrogen and oxygen atoms in total. The van der Waals surface area contributed by atoms with Crippen LogP contribution < -0.4 is 10.1 Å². The minimum absolute atomic E-state index is 0.266.